The fourth-order valence-corrected chi connectivity index (χ4v) is 6.46. The molecule has 35 heavy (non-hydrogen) atoms. The topological polar surface area (TPSA) is 80.8 Å². The lowest BCUT2D eigenvalue weighted by molar-refractivity contribution is -0.128. The van der Waals surface area contributed by atoms with Crippen LogP contribution in [-0.2, 0) is 19.8 Å². The first-order valence-corrected chi connectivity index (χ1v) is 11.8. The van der Waals surface area contributed by atoms with Crippen molar-refractivity contribution in [3.63, 3.8) is 0 Å². The maximum atomic E-state index is 14.2. The molecule has 1 fully saturated rings. The first kappa shape index (κ1) is 21.5. The lowest BCUT2D eigenvalue weighted by atomic mass is 9.48. The van der Waals surface area contributed by atoms with Gasteiger partial charge >= 0.3 is 0 Å². The van der Waals surface area contributed by atoms with Gasteiger partial charge in [-0.1, -0.05) is 48.5 Å². The van der Waals surface area contributed by atoms with Crippen LogP contribution in [0.25, 0.3) is 0 Å². The molecular weight excluding hydrogens is 442 g/mol. The number of anilines is 1. The van der Waals surface area contributed by atoms with Crippen LogP contribution in [0, 0.1) is 11.8 Å². The third kappa shape index (κ3) is 2.59. The van der Waals surface area contributed by atoms with Crippen molar-refractivity contribution in [3.8, 4) is 5.75 Å². The zero-order valence-electron chi connectivity index (χ0n) is 19.4. The van der Waals surface area contributed by atoms with Crippen molar-refractivity contribution >= 4 is 29.6 Å². The van der Waals surface area contributed by atoms with Gasteiger partial charge < -0.3 is 9.53 Å². The summed E-state index contributed by atoms with van der Waals surface area (Å²) >= 11 is 0. The number of aldehydes is 1. The van der Waals surface area contributed by atoms with E-state index in [1.165, 1.54) is 13.0 Å². The molecule has 174 valence electrons. The first-order chi connectivity index (χ1) is 17.0. The molecular formula is C29H23NO5. The lowest BCUT2D eigenvalue weighted by Crippen LogP contribution is -2.54. The first-order valence-electron chi connectivity index (χ1n) is 11.8. The van der Waals surface area contributed by atoms with Crippen LogP contribution in [0.2, 0.25) is 0 Å². The number of Topliss-reactive ketones (excluding diaryl/α,β-unsaturated/α-hetero) is 1. The van der Waals surface area contributed by atoms with E-state index < -0.39 is 23.2 Å². The molecule has 2 bridgehead atoms. The normalized spacial score (nSPS) is 25.7. The number of carbonyl (C=O) groups excluding carboxylic acids is 4. The number of nitrogens with zero attached hydrogens (tertiary/aromatic N) is 1. The molecule has 4 aliphatic rings. The monoisotopic (exact) mass is 465 g/mol. The molecule has 3 aromatic rings. The van der Waals surface area contributed by atoms with Crippen molar-refractivity contribution in [2.75, 3.05) is 11.5 Å². The average molecular weight is 466 g/mol. The number of ketones is 1. The van der Waals surface area contributed by atoms with Gasteiger partial charge in [0.25, 0.3) is 0 Å². The van der Waals surface area contributed by atoms with Gasteiger partial charge in [0.1, 0.15) is 12.0 Å². The molecule has 2 atom stereocenters. The largest absolute Gasteiger partial charge is 0.492 e. The van der Waals surface area contributed by atoms with Crippen molar-refractivity contribution in [2.45, 2.75) is 25.2 Å². The van der Waals surface area contributed by atoms with Crippen molar-refractivity contribution in [1.82, 2.24) is 0 Å². The molecule has 6 nitrogen and oxygen atoms in total. The Bertz CT molecular complexity index is 1390. The zero-order valence-corrected chi connectivity index (χ0v) is 19.4. The van der Waals surface area contributed by atoms with E-state index in [1.54, 1.807) is 12.1 Å². The van der Waals surface area contributed by atoms with Crippen LogP contribution < -0.4 is 9.64 Å². The molecule has 1 aliphatic heterocycles. The summed E-state index contributed by atoms with van der Waals surface area (Å²) in [5.41, 5.74) is 2.74. The smallest absolute Gasteiger partial charge is 0.239 e. The summed E-state index contributed by atoms with van der Waals surface area (Å²) in [4.78, 5) is 54.6. The Labute approximate surface area is 202 Å². The third-order valence-corrected chi connectivity index (χ3v) is 7.78. The molecule has 2 amide bonds. The second kappa shape index (κ2) is 7.47. The summed E-state index contributed by atoms with van der Waals surface area (Å²) < 4.78 is 5.75. The van der Waals surface area contributed by atoms with Gasteiger partial charge in [0.15, 0.2) is 5.78 Å². The number of amides is 2. The number of imide groups is 1. The van der Waals surface area contributed by atoms with E-state index in [2.05, 4.69) is 0 Å². The molecule has 0 saturated carbocycles. The van der Waals surface area contributed by atoms with Crippen LogP contribution in [0.4, 0.5) is 5.69 Å². The van der Waals surface area contributed by atoms with E-state index in [4.69, 9.17) is 4.74 Å². The quantitative estimate of drug-likeness (QED) is 0.323. The molecule has 0 N–H and O–H groups in total. The number of hydrogen-bond donors (Lipinski definition) is 0. The molecule has 1 heterocycles. The Morgan fingerprint density at radius 3 is 2.17 bits per heavy atom. The van der Waals surface area contributed by atoms with E-state index in [9.17, 15) is 19.2 Å². The molecule has 0 radical (unpaired) electrons. The van der Waals surface area contributed by atoms with E-state index in [0.29, 0.717) is 17.9 Å². The Morgan fingerprint density at radius 2 is 1.60 bits per heavy atom. The van der Waals surface area contributed by atoms with Gasteiger partial charge in [0.2, 0.25) is 11.8 Å². The standard InChI is InChI=1S/C29H23NO5/c1-3-35-23-13-12-17(16(2)32)14-22(23)30-27(33)25-24-18-8-4-6-10-20(18)29(15-31,26(25)28(30)34)21-11-7-5-9-19(21)24/h4-15,24-26H,3H2,1-2H3/t24?,25-,26-,29?/m1/s1. The van der Waals surface area contributed by atoms with Gasteiger partial charge in [-0.15, -0.1) is 0 Å². The summed E-state index contributed by atoms with van der Waals surface area (Å²) in [5.74, 6) is -2.60. The van der Waals surface area contributed by atoms with Gasteiger partial charge in [-0.3, -0.25) is 14.4 Å². The third-order valence-electron chi connectivity index (χ3n) is 7.78. The highest BCUT2D eigenvalue weighted by Crippen LogP contribution is 2.63. The van der Waals surface area contributed by atoms with Crippen LogP contribution in [-0.4, -0.2) is 30.5 Å². The molecule has 0 spiro atoms. The van der Waals surface area contributed by atoms with Crippen LogP contribution in [0.15, 0.2) is 66.7 Å². The van der Waals surface area contributed by atoms with E-state index in [1.807, 2.05) is 55.5 Å². The fourth-order valence-electron chi connectivity index (χ4n) is 6.46. The van der Waals surface area contributed by atoms with Crippen molar-refractivity contribution < 1.29 is 23.9 Å². The number of carbonyl (C=O) groups is 4. The van der Waals surface area contributed by atoms with Crippen LogP contribution in [0.5, 0.6) is 5.75 Å². The zero-order chi connectivity index (χ0) is 24.5. The minimum atomic E-state index is -1.27. The number of rotatable bonds is 5. The fraction of sp³-hybridized carbons (Fsp3) is 0.241. The molecule has 0 unspecified atom stereocenters. The Hall–Kier alpha value is -4.06. The van der Waals surface area contributed by atoms with E-state index in [-0.39, 0.29) is 23.3 Å². The summed E-state index contributed by atoms with van der Waals surface area (Å²) in [6, 6.07) is 20.0. The summed E-state index contributed by atoms with van der Waals surface area (Å²) in [6.45, 7) is 3.57. The number of ether oxygens (including phenoxy) is 1. The van der Waals surface area contributed by atoms with Crippen molar-refractivity contribution in [2.24, 2.45) is 11.8 Å². The van der Waals surface area contributed by atoms with Crippen LogP contribution in [0.1, 0.15) is 52.4 Å². The maximum absolute atomic E-state index is 14.2. The lowest BCUT2D eigenvalue weighted by Gasteiger charge is -2.51. The van der Waals surface area contributed by atoms with Gasteiger partial charge in [0.05, 0.1) is 29.5 Å². The summed E-state index contributed by atoms with van der Waals surface area (Å²) in [6.07, 6.45) is 0.849. The van der Waals surface area contributed by atoms with Crippen molar-refractivity contribution in [1.29, 1.82) is 0 Å². The molecule has 6 heteroatoms. The SMILES string of the molecule is CCOc1ccc(C(C)=O)cc1N1C(=O)[C@@H]2C3c4ccccc4C(C=O)(c4ccccc43)[C@H]2C1=O. The van der Waals surface area contributed by atoms with Crippen molar-refractivity contribution in [3.05, 3.63) is 94.5 Å². The molecule has 7 rings (SSSR count). The second-order valence-corrected chi connectivity index (χ2v) is 9.33. The molecule has 0 aromatic heterocycles. The predicted molar refractivity (Wildman–Crippen MR) is 129 cm³/mol. The second-order valence-electron chi connectivity index (χ2n) is 9.33. The number of hydrogen-bond acceptors (Lipinski definition) is 5. The average Bonchev–Trinajstić information content (AvgIpc) is 3.15. The minimum absolute atomic E-state index is 0.185. The van der Waals surface area contributed by atoms with Gasteiger partial charge in [0, 0.05) is 11.5 Å². The molecule has 3 aliphatic carbocycles. The summed E-state index contributed by atoms with van der Waals surface area (Å²) in [7, 11) is 0. The van der Waals surface area contributed by atoms with Gasteiger partial charge in [-0.2, -0.15) is 0 Å². The van der Waals surface area contributed by atoms with E-state index >= 15 is 0 Å². The summed E-state index contributed by atoms with van der Waals surface area (Å²) in [5, 5.41) is 0. The molecule has 1 saturated heterocycles. The van der Waals surface area contributed by atoms with Gasteiger partial charge in [-0.05, 0) is 54.3 Å². The Morgan fingerprint density at radius 1 is 0.971 bits per heavy atom. The highest BCUT2D eigenvalue weighted by molar-refractivity contribution is 6.25. The maximum Gasteiger partial charge on any atom is 0.239 e. The van der Waals surface area contributed by atoms with Crippen LogP contribution >= 0.6 is 0 Å². The highest BCUT2D eigenvalue weighted by atomic mass is 16.5. The Balaban J connectivity index is 1.61. The van der Waals surface area contributed by atoms with Crippen LogP contribution in [0.3, 0.4) is 0 Å². The highest BCUT2D eigenvalue weighted by Gasteiger charge is 2.68. The Kier molecular flexibility index (Phi) is 4.58. The number of benzene rings is 3. The van der Waals surface area contributed by atoms with Gasteiger partial charge in [-0.25, -0.2) is 4.90 Å². The minimum Gasteiger partial charge on any atom is -0.492 e. The predicted octanol–water partition coefficient (Wildman–Crippen LogP) is 4.04. The molecule has 3 aromatic carbocycles. The van der Waals surface area contributed by atoms with E-state index in [0.717, 1.165) is 33.4 Å².